The van der Waals surface area contributed by atoms with Crippen LogP contribution in [0.3, 0.4) is 0 Å². The van der Waals surface area contributed by atoms with E-state index in [2.05, 4.69) is 4.98 Å². The van der Waals surface area contributed by atoms with Crippen molar-refractivity contribution in [2.45, 2.75) is 11.8 Å². The van der Waals surface area contributed by atoms with Crippen LogP contribution in [0.25, 0.3) is 0 Å². The van der Waals surface area contributed by atoms with Gasteiger partial charge in [0.1, 0.15) is 4.90 Å². The summed E-state index contributed by atoms with van der Waals surface area (Å²) in [5, 5.41) is 0. The first kappa shape index (κ1) is 8.49. The van der Waals surface area contributed by atoms with Crippen molar-refractivity contribution in [3.63, 3.8) is 0 Å². The molecule has 0 bridgehead atoms. The van der Waals surface area contributed by atoms with Gasteiger partial charge < -0.3 is 0 Å². The van der Waals surface area contributed by atoms with Crippen LogP contribution in [0.2, 0.25) is 0 Å². The fraction of sp³-hybridized carbons (Fsp3) is 0.167. The Morgan fingerprint density at radius 1 is 1.45 bits per heavy atom. The van der Waals surface area contributed by atoms with Gasteiger partial charge in [0.25, 0.3) is 9.05 Å². The summed E-state index contributed by atoms with van der Waals surface area (Å²) in [7, 11) is 1.45. The van der Waals surface area contributed by atoms with Crippen LogP contribution >= 0.6 is 10.7 Å². The fourth-order valence-corrected chi connectivity index (χ4v) is 1.43. The van der Waals surface area contributed by atoms with Gasteiger partial charge in [-0.1, -0.05) is 0 Å². The van der Waals surface area contributed by atoms with E-state index in [-0.39, 0.29) is 4.90 Å². The average Bonchev–Trinajstić information content (AvgIpc) is 1.86. The predicted octanol–water partition coefficient (Wildman–Crippen LogP) is 1.32. The Morgan fingerprint density at radius 3 is 2.45 bits per heavy atom. The third kappa shape index (κ3) is 2.17. The number of aryl methyl sites for hydroxylation is 1. The maximum Gasteiger partial charge on any atom is 0.262 e. The predicted molar refractivity (Wildman–Crippen MR) is 42.0 cm³/mol. The molecule has 0 saturated carbocycles. The minimum atomic E-state index is -3.62. The van der Waals surface area contributed by atoms with Gasteiger partial charge in [-0.05, 0) is 18.6 Å². The second kappa shape index (κ2) is 2.79. The minimum Gasteiger partial charge on any atom is -0.263 e. The SMILES string of the molecule is Cc1cncc(S(=O)(=O)Cl)c1. The molecule has 0 fully saturated rings. The van der Waals surface area contributed by atoms with E-state index in [1.54, 1.807) is 13.1 Å². The highest BCUT2D eigenvalue weighted by Gasteiger charge is 2.08. The topological polar surface area (TPSA) is 47.0 Å². The first-order valence-corrected chi connectivity index (χ1v) is 5.17. The highest BCUT2D eigenvalue weighted by Crippen LogP contribution is 2.13. The molecule has 5 heteroatoms. The van der Waals surface area contributed by atoms with Crippen molar-refractivity contribution in [3.05, 3.63) is 24.0 Å². The first-order chi connectivity index (χ1) is 5.00. The Kier molecular flexibility index (Phi) is 2.15. The second-order valence-corrected chi connectivity index (χ2v) is 4.70. The summed E-state index contributed by atoms with van der Waals surface area (Å²) in [5.74, 6) is 0. The van der Waals surface area contributed by atoms with Gasteiger partial charge >= 0.3 is 0 Å². The highest BCUT2D eigenvalue weighted by atomic mass is 35.7. The zero-order valence-corrected chi connectivity index (χ0v) is 7.35. The molecular weight excluding hydrogens is 186 g/mol. The molecule has 0 aromatic carbocycles. The Bertz CT molecular complexity index is 361. The van der Waals surface area contributed by atoms with Crippen molar-refractivity contribution >= 4 is 19.7 Å². The van der Waals surface area contributed by atoms with Crippen LogP contribution in [0.1, 0.15) is 5.56 Å². The van der Waals surface area contributed by atoms with Gasteiger partial charge in [0.05, 0.1) is 0 Å². The number of hydrogen-bond acceptors (Lipinski definition) is 3. The minimum absolute atomic E-state index is 0.0409. The molecule has 0 radical (unpaired) electrons. The molecule has 0 unspecified atom stereocenters. The number of rotatable bonds is 1. The van der Waals surface area contributed by atoms with Crippen molar-refractivity contribution in [2.24, 2.45) is 0 Å². The van der Waals surface area contributed by atoms with Crippen molar-refractivity contribution in [1.82, 2.24) is 4.98 Å². The van der Waals surface area contributed by atoms with Crippen LogP contribution in [-0.2, 0) is 9.05 Å². The molecule has 1 heterocycles. The Hall–Kier alpha value is -0.610. The van der Waals surface area contributed by atoms with Crippen LogP contribution in [0, 0.1) is 6.92 Å². The zero-order valence-electron chi connectivity index (χ0n) is 5.78. The molecule has 60 valence electrons. The van der Waals surface area contributed by atoms with Crippen LogP contribution in [0.15, 0.2) is 23.4 Å². The van der Waals surface area contributed by atoms with Gasteiger partial charge in [0.2, 0.25) is 0 Å². The van der Waals surface area contributed by atoms with Crippen molar-refractivity contribution in [2.75, 3.05) is 0 Å². The van der Waals surface area contributed by atoms with E-state index in [1.807, 2.05) is 0 Å². The van der Waals surface area contributed by atoms with E-state index >= 15 is 0 Å². The number of nitrogens with zero attached hydrogens (tertiary/aromatic N) is 1. The van der Waals surface area contributed by atoms with Crippen LogP contribution in [-0.4, -0.2) is 13.4 Å². The highest BCUT2D eigenvalue weighted by molar-refractivity contribution is 8.13. The smallest absolute Gasteiger partial charge is 0.262 e. The molecule has 0 aliphatic heterocycles. The summed E-state index contributed by atoms with van der Waals surface area (Å²) in [4.78, 5) is 3.73. The van der Waals surface area contributed by atoms with E-state index in [9.17, 15) is 8.42 Å². The fourth-order valence-electron chi connectivity index (χ4n) is 0.661. The maximum atomic E-state index is 10.7. The second-order valence-electron chi connectivity index (χ2n) is 2.14. The van der Waals surface area contributed by atoms with Crippen LogP contribution < -0.4 is 0 Å². The van der Waals surface area contributed by atoms with Crippen molar-refractivity contribution in [1.29, 1.82) is 0 Å². The molecule has 1 aromatic rings. The lowest BCUT2D eigenvalue weighted by atomic mass is 10.3. The Labute approximate surface area is 69.4 Å². The summed E-state index contributed by atoms with van der Waals surface area (Å²) < 4.78 is 21.4. The summed E-state index contributed by atoms with van der Waals surface area (Å²) in [6.07, 6.45) is 2.78. The molecule has 0 aliphatic carbocycles. The summed E-state index contributed by atoms with van der Waals surface area (Å²) in [5.41, 5.74) is 0.770. The zero-order chi connectivity index (χ0) is 8.48. The van der Waals surface area contributed by atoms with Gasteiger partial charge in [0.15, 0.2) is 0 Å². The quantitative estimate of drug-likeness (QED) is 0.629. The lowest BCUT2D eigenvalue weighted by molar-refractivity contribution is 0.609. The largest absolute Gasteiger partial charge is 0.263 e. The molecule has 1 rings (SSSR count). The first-order valence-electron chi connectivity index (χ1n) is 2.86. The summed E-state index contributed by atoms with van der Waals surface area (Å²) in [6.45, 7) is 1.75. The maximum absolute atomic E-state index is 10.7. The molecule has 3 nitrogen and oxygen atoms in total. The molecule has 11 heavy (non-hydrogen) atoms. The summed E-state index contributed by atoms with van der Waals surface area (Å²) in [6, 6.07) is 1.47. The molecule has 0 saturated heterocycles. The van der Waals surface area contributed by atoms with Crippen LogP contribution in [0.5, 0.6) is 0 Å². The van der Waals surface area contributed by atoms with E-state index in [4.69, 9.17) is 10.7 Å². The number of aromatic nitrogens is 1. The molecule has 1 aromatic heterocycles. The van der Waals surface area contributed by atoms with Gasteiger partial charge in [-0.15, -0.1) is 0 Å². The van der Waals surface area contributed by atoms with E-state index in [1.165, 1.54) is 12.3 Å². The van der Waals surface area contributed by atoms with Crippen LogP contribution in [0.4, 0.5) is 0 Å². The third-order valence-corrected chi connectivity index (χ3v) is 2.45. The Balaban J connectivity index is 3.28. The van der Waals surface area contributed by atoms with Crippen molar-refractivity contribution in [3.8, 4) is 0 Å². The average molecular weight is 192 g/mol. The number of pyridine rings is 1. The normalized spacial score (nSPS) is 11.5. The monoisotopic (exact) mass is 191 g/mol. The molecule has 0 spiro atoms. The molecule has 0 atom stereocenters. The Morgan fingerprint density at radius 2 is 2.09 bits per heavy atom. The lowest BCUT2D eigenvalue weighted by Gasteiger charge is -1.94. The number of halogens is 1. The van der Waals surface area contributed by atoms with Crippen molar-refractivity contribution < 1.29 is 8.42 Å². The summed E-state index contributed by atoms with van der Waals surface area (Å²) >= 11 is 0. The van der Waals surface area contributed by atoms with Gasteiger partial charge in [-0.25, -0.2) is 8.42 Å². The van der Waals surface area contributed by atoms with E-state index in [0.717, 1.165) is 5.56 Å². The molecule has 0 amide bonds. The van der Waals surface area contributed by atoms with Gasteiger partial charge in [0, 0.05) is 23.1 Å². The molecule has 0 aliphatic rings. The van der Waals surface area contributed by atoms with Gasteiger partial charge in [-0.2, -0.15) is 0 Å². The van der Waals surface area contributed by atoms with E-state index in [0.29, 0.717) is 0 Å². The third-order valence-electron chi connectivity index (χ3n) is 1.13. The lowest BCUT2D eigenvalue weighted by Crippen LogP contribution is -1.91. The molecular formula is C6H6ClNO2S. The van der Waals surface area contributed by atoms with E-state index < -0.39 is 9.05 Å². The standard InChI is InChI=1S/C6H6ClNO2S/c1-5-2-6(4-8-3-5)11(7,9)10/h2-4H,1H3. The van der Waals surface area contributed by atoms with Gasteiger partial charge in [-0.3, -0.25) is 4.98 Å². The number of hydrogen-bond donors (Lipinski definition) is 0. The molecule has 0 N–H and O–H groups in total.